The van der Waals surface area contributed by atoms with E-state index in [1.807, 2.05) is 49.3 Å². The van der Waals surface area contributed by atoms with Crippen LogP contribution in [-0.2, 0) is 9.53 Å². The van der Waals surface area contributed by atoms with Crippen LogP contribution in [0.3, 0.4) is 0 Å². The first-order valence-electron chi connectivity index (χ1n) is 11.2. The number of nitrogens with zero attached hydrogens (tertiary/aromatic N) is 5. The van der Waals surface area contributed by atoms with E-state index < -0.39 is 6.04 Å². The Bertz CT molecular complexity index is 1240. The lowest BCUT2D eigenvalue weighted by molar-refractivity contribution is -0.111. The monoisotopic (exact) mass is 457 g/mol. The van der Waals surface area contributed by atoms with E-state index >= 15 is 0 Å². The molecule has 9 nitrogen and oxygen atoms in total. The summed E-state index contributed by atoms with van der Waals surface area (Å²) in [4.78, 5) is 29.5. The fourth-order valence-electron chi connectivity index (χ4n) is 4.37. The molecule has 1 aromatic carbocycles. The van der Waals surface area contributed by atoms with E-state index in [4.69, 9.17) is 15.5 Å². The maximum Gasteiger partial charge on any atom is 0.220 e. The largest absolute Gasteiger partial charge is 0.378 e. The average molecular weight is 458 g/mol. The molecule has 2 aromatic heterocycles. The molecule has 2 aliphatic rings. The number of aldehydes is 1. The molecule has 2 aliphatic heterocycles. The number of benzene rings is 1. The van der Waals surface area contributed by atoms with Crippen molar-refractivity contribution >= 4 is 35.5 Å². The number of nitrogens with two attached hydrogens (primary N) is 1. The van der Waals surface area contributed by atoms with Crippen LogP contribution in [0.1, 0.15) is 22.9 Å². The molecule has 0 spiro atoms. The quantitative estimate of drug-likeness (QED) is 0.558. The molecule has 0 radical (unpaired) electrons. The highest BCUT2D eigenvalue weighted by atomic mass is 16.5. The number of nitrogens with one attached hydrogen (secondary N) is 1. The van der Waals surface area contributed by atoms with Gasteiger partial charge in [-0.25, -0.2) is 15.0 Å². The fraction of sp³-hybridized carbons (Fsp3) is 0.280. The van der Waals surface area contributed by atoms with Gasteiger partial charge in [0.1, 0.15) is 18.1 Å². The Balaban J connectivity index is 1.54. The van der Waals surface area contributed by atoms with Gasteiger partial charge >= 0.3 is 0 Å². The van der Waals surface area contributed by atoms with Crippen LogP contribution < -0.4 is 16.0 Å². The minimum Gasteiger partial charge on any atom is -0.378 e. The number of anilines is 4. The number of likely N-dealkylation sites (N-methyl/N-ethyl adjacent to an activating group) is 1. The fourth-order valence-corrected chi connectivity index (χ4v) is 4.37. The summed E-state index contributed by atoms with van der Waals surface area (Å²) >= 11 is 0. The molecule has 1 unspecified atom stereocenters. The lowest BCUT2D eigenvalue weighted by Crippen LogP contribution is -2.36. The topological polar surface area (TPSA) is 109 Å². The van der Waals surface area contributed by atoms with E-state index in [1.54, 1.807) is 6.20 Å². The zero-order valence-electron chi connectivity index (χ0n) is 19.2. The Labute approximate surface area is 198 Å². The molecule has 9 heteroatoms. The molecule has 5 rings (SSSR count). The van der Waals surface area contributed by atoms with Crippen LogP contribution >= 0.6 is 0 Å². The summed E-state index contributed by atoms with van der Waals surface area (Å²) in [6.07, 6.45) is 6.51. The van der Waals surface area contributed by atoms with Gasteiger partial charge in [0.25, 0.3) is 0 Å². The number of hydrogen-bond donors (Lipinski definition) is 2. The number of nitrogen functional groups attached to an aromatic ring is 1. The minimum atomic E-state index is -0.444. The second-order valence-electron chi connectivity index (χ2n) is 8.42. The molecule has 0 saturated carbocycles. The first-order valence-corrected chi connectivity index (χ1v) is 11.2. The van der Waals surface area contributed by atoms with Gasteiger partial charge in [-0.15, -0.1) is 0 Å². The zero-order chi connectivity index (χ0) is 23.7. The highest BCUT2D eigenvalue weighted by molar-refractivity contribution is 5.80. The Hall–Kier alpha value is -3.98. The van der Waals surface area contributed by atoms with Gasteiger partial charge in [-0.1, -0.05) is 0 Å². The van der Waals surface area contributed by atoms with Crippen LogP contribution in [-0.4, -0.2) is 59.5 Å². The number of carbonyl (C=O) groups is 1. The summed E-state index contributed by atoms with van der Waals surface area (Å²) in [5.74, 6) is 0.844. The Morgan fingerprint density at radius 1 is 1.18 bits per heavy atom. The molecular formula is C25H27N7O2. The molecule has 3 aromatic rings. The van der Waals surface area contributed by atoms with Gasteiger partial charge in [-0.05, 0) is 48.9 Å². The molecule has 0 bridgehead atoms. The third kappa shape index (κ3) is 4.17. The number of ether oxygens (including phenoxy) is 1. The van der Waals surface area contributed by atoms with Gasteiger partial charge in [0, 0.05) is 55.0 Å². The molecule has 34 heavy (non-hydrogen) atoms. The Kier molecular flexibility index (Phi) is 5.85. The molecule has 1 atom stereocenters. The molecule has 0 aliphatic carbocycles. The molecular weight excluding hydrogens is 430 g/mol. The maximum atomic E-state index is 12.0. The first-order chi connectivity index (χ1) is 16.5. The van der Waals surface area contributed by atoms with Crippen molar-refractivity contribution in [3.63, 3.8) is 0 Å². The zero-order valence-corrected chi connectivity index (χ0v) is 19.2. The van der Waals surface area contributed by atoms with Crippen molar-refractivity contribution < 1.29 is 9.53 Å². The van der Waals surface area contributed by atoms with Crippen molar-refractivity contribution in [1.82, 2.24) is 19.9 Å². The van der Waals surface area contributed by atoms with E-state index in [9.17, 15) is 4.79 Å². The van der Waals surface area contributed by atoms with Gasteiger partial charge in [-0.2, -0.15) is 0 Å². The van der Waals surface area contributed by atoms with Crippen LogP contribution in [0.2, 0.25) is 0 Å². The van der Waals surface area contributed by atoms with Crippen molar-refractivity contribution in [2.24, 2.45) is 0 Å². The van der Waals surface area contributed by atoms with Crippen molar-refractivity contribution in [1.29, 1.82) is 0 Å². The van der Waals surface area contributed by atoms with Crippen LogP contribution in [0.15, 0.2) is 42.7 Å². The Morgan fingerprint density at radius 3 is 2.65 bits per heavy atom. The standard InChI is InChI=1S/C25H27N7O2/c1-16-20(14-27-25(26)28-16)21-13-17-7-8-31(2)22(15-33)23(17)24(30-21)29-18-3-5-19(6-4-18)32-9-11-34-12-10-32/h3-8,13-15,22H,9-12H2,1-2H3,(H,29,30)(H2,26,27,28). The third-order valence-electron chi connectivity index (χ3n) is 6.22. The van der Waals surface area contributed by atoms with Gasteiger partial charge in [-0.3, -0.25) is 0 Å². The number of pyridine rings is 1. The number of hydrogen-bond acceptors (Lipinski definition) is 9. The number of carbonyl (C=O) groups excluding carboxylic acids is 1. The summed E-state index contributed by atoms with van der Waals surface area (Å²) in [7, 11) is 1.88. The minimum absolute atomic E-state index is 0.223. The maximum absolute atomic E-state index is 12.0. The second kappa shape index (κ2) is 9.11. The molecule has 0 amide bonds. The smallest absolute Gasteiger partial charge is 0.220 e. The van der Waals surface area contributed by atoms with Crippen molar-refractivity contribution in [3.05, 3.63) is 59.5 Å². The summed E-state index contributed by atoms with van der Waals surface area (Å²) < 4.78 is 5.45. The number of rotatable bonds is 5. The summed E-state index contributed by atoms with van der Waals surface area (Å²) in [6, 6.07) is 9.75. The lowest BCUT2D eigenvalue weighted by atomic mass is 9.96. The van der Waals surface area contributed by atoms with Crippen LogP contribution in [0.25, 0.3) is 17.3 Å². The average Bonchev–Trinajstić information content (AvgIpc) is 2.85. The van der Waals surface area contributed by atoms with Crippen molar-refractivity contribution in [2.45, 2.75) is 13.0 Å². The predicted octanol–water partition coefficient (Wildman–Crippen LogP) is 3.17. The number of fused-ring (bicyclic) bond motifs is 1. The number of aryl methyl sites for hydroxylation is 1. The van der Waals surface area contributed by atoms with E-state index in [0.29, 0.717) is 11.5 Å². The molecule has 3 N–H and O–H groups in total. The Morgan fingerprint density at radius 2 is 1.94 bits per heavy atom. The van der Waals surface area contributed by atoms with Crippen LogP contribution in [0.5, 0.6) is 0 Å². The number of morpholine rings is 1. The third-order valence-corrected chi connectivity index (χ3v) is 6.22. The van der Waals surface area contributed by atoms with Crippen LogP contribution in [0.4, 0.5) is 23.1 Å². The van der Waals surface area contributed by atoms with Gasteiger partial charge in [0.2, 0.25) is 5.95 Å². The van der Waals surface area contributed by atoms with E-state index in [0.717, 1.165) is 66.3 Å². The van der Waals surface area contributed by atoms with Gasteiger partial charge in [0.05, 0.1) is 24.6 Å². The normalized spacial score (nSPS) is 17.4. The summed E-state index contributed by atoms with van der Waals surface area (Å²) in [5, 5.41) is 3.45. The van der Waals surface area contributed by atoms with E-state index in [1.165, 1.54) is 0 Å². The highest BCUT2D eigenvalue weighted by Crippen LogP contribution is 2.37. The highest BCUT2D eigenvalue weighted by Gasteiger charge is 2.26. The van der Waals surface area contributed by atoms with Crippen molar-refractivity contribution in [3.8, 4) is 11.3 Å². The van der Waals surface area contributed by atoms with Gasteiger partial charge < -0.3 is 30.4 Å². The summed E-state index contributed by atoms with van der Waals surface area (Å²) in [6.45, 7) is 5.12. The molecule has 1 fully saturated rings. The predicted molar refractivity (Wildman–Crippen MR) is 133 cm³/mol. The SMILES string of the molecule is Cc1nc(N)ncc1-c1cc2c(c(Nc3ccc(N4CCOCC4)cc3)n1)C(C=O)N(C)C=C2. The van der Waals surface area contributed by atoms with Crippen molar-refractivity contribution in [2.75, 3.05) is 49.3 Å². The lowest BCUT2D eigenvalue weighted by Gasteiger charge is -2.30. The first kappa shape index (κ1) is 21.8. The van der Waals surface area contributed by atoms with E-state index in [2.05, 4.69) is 32.3 Å². The molecule has 4 heterocycles. The molecule has 174 valence electrons. The van der Waals surface area contributed by atoms with E-state index in [-0.39, 0.29) is 5.95 Å². The second-order valence-corrected chi connectivity index (χ2v) is 8.42. The molecule has 1 saturated heterocycles. The number of aromatic nitrogens is 3. The summed E-state index contributed by atoms with van der Waals surface area (Å²) in [5.41, 5.74) is 11.8. The van der Waals surface area contributed by atoms with Gasteiger partial charge in [0.15, 0.2) is 0 Å². The van der Waals surface area contributed by atoms with Crippen LogP contribution in [0, 0.1) is 6.92 Å².